The molecule has 0 saturated heterocycles. The van der Waals surface area contributed by atoms with E-state index in [1.54, 1.807) is 12.1 Å². The highest BCUT2D eigenvalue weighted by molar-refractivity contribution is 5.96. The number of methoxy groups -OCH3 is 1. The molecule has 0 bridgehead atoms. The summed E-state index contributed by atoms with van der Waals surface area (Å²) >= 11 is 0. The first kappa shape index (κ1) is 12.4. The Morgan fingerprint density at radius 1 is 1.22 bits per heavy atom. The molecule has 0 aromatic carbocycles. The molecule has 2 rings (SSSR count). The normalized spacial score (nSPS) is 10.9. The van der Waals surface area contributed by atoms with Crippen molar-refractivity contribution in [3.05, 3.63) is 45.8 Å². The zero-order chi connectivity index (χ0) is 13.3. The first-order valence-corrected chi connectivity index (χ1v) is 5.69. The summed E-state index contributed by atoms with van der Waals surface area (Å²) in [5.74, 6) is 0.0816. The molecule has 1 aliphatic carbocycles. The number of carbonyl (C=O) groups is 1. The van der Waals surface area contributed by atoms with Crippen LogP contribution in [0.4, 0.5) is 0 Å². The minimum Gasteiger partial charge on any atom is -0.465 e. The fourth-order valence-corrected chi connectivity index (χ4v) is 1.82. The average molecular weight is 246 g/mol. The van der Waals surface area contributed by atoms with E-state index in [1.165, 1.54) is 7.11 Å². The number of ether oxygens (including phenoxy) is 1. The van der Waals surface area contributed by atoms with Gasteiger partial charge in [-0.05, 0) is 23.6 Å². The van der Waals surface area contributed by atoms with Gasteiger partial charge in [0.05, 0.1) is 7.11 Å². The maximum absolute atomic E-state index is 11.6. The van der Waals surface area contributed by atoms with Gasteiger partial charge in [-0.3, -0.25) is 0 Å². The zero-order valence-corrected chi connectivity index (χ0v) is 10.5. The Bertz CT molecular complexity index is 610. The van der Waals surface area contributed by atoms with E-state index in [4.69, 9.17) is 4.42 Å². The Hall–Kier alpha value is -2.10. The van der Waals surface area contributed by atoms with Crippen molar-refractivity contribution in [2.45, 2.75) is 19.8 Å². The van der Waals surface area contributed by atoms with Gasteiger partial charge in [0, 0.05) is 5.56 Å². The molecule has 0 aromatic rings. The third-order valence-corrected chi connectivity index (χ3v) is 2.87. The van der Waals surface area contributed by atoms with E-state index in [-0.39, 0.29) is 5.56 Å². The van der Waals surface area contributed by atoms with Crippen LogP contribution < -0.4 is 5.63 Å². The van der Waals surface area contributed by atoms with Crippen molar-refractivity contribution >= 4 is 5.97 Å². The molecule has 2 aliphatic rings. The van der Waals surface area contributed by atoms with Gasteiger partial charge in [0.15, 0.2) is 5.56 Å². The molecular formula is C14H14O4. The lowest BCUT2D eigenvalue weighted by Gasteiger charge is -1.99. The molecule has 0 aromatic heterocycles. The quantitative estimate of drug-likeness (QED) is 0.764. The zero-order valence-electron chi connectivity index (χ0n) is 10.5. The van der Waals surface area contributed by atoms with E-state index >= 15 is 0 Å². The van der Waals surface area contributed by atoms with Crippen LogP contribution in [-0.4, -0.2) is 13.1 Å². The van der Waals surface area contributed by atoms with E-state index in [9.17, 15) is 9.59 Å². The van der Waals surface area contributed by atoms with Crippen LogP contribution in [-0.2, 0) is 4.74 Å². The fraction of sp³-hybridized carbons (Fsp3) is 0.286. The van der Waals surface area contributed by atoms with Gasteiger partial charge in [-0.1, -0.05) is 26.0 Å². The molecule has 0 spiro atoms. The molecule has 4 heteroatoms. The highest BCUT2D eigenvalue weighted by Gasteiger charge is 2.23. The second-order valence-corrected chi connectivity index (χ2v) is 4.36. The van der Waals surface area contributed by atoms with Crippen LogP contribution in [0.1, 0.15) is 35.7 Å². The van der Waals surface area contributed by atoms with Crippen LogP contribution in [0, 0.1) is 0 Å². The molecular weight excluding hydrogens is 232 g/mol. The lowest BCUT2D eigenvalue weighted by Crippen LogP contribution is -2.11. The lowest BCUT2D eigenvalue weighted by atomic mass is 10.1. The van der Waals surface area contributed by atoms with Gasteiger partial charge < -0.3 is 9.15 Å². The van der Waals surface area contributed by atoms with Crippen LogP contribution in [0.5, 0.6) is 0 Å². The first-order chi connectivity index (χ1) is 8.54. The number of rotatable bonds is 2. The topological polar surface area (TPSA) is 56.5 Å². The van der Waals surface area contributed by atoms with Gasteiger partial charge >= 0.3 is 11.6 Å². The Balaban J connectivity index is 2.67. The van der Waals surface area contributed by atoms with E-state index in [0.717, 1.165) is 5.56 Å². The number of esters is 1. The summed E-state index contributed by atoms with van der Waals surface area (Å²) in [6.45, 7) is 4.13. The second-order valence-electron chi connectivity index (χ2n) is 4.36. The minimum absolute atomic E-state index is 0.0431. The van der Waals surface area contributed by atoms with Crippen LogP contribution in [0.2, 0.25) is 0 Å². The maximum Gasteiger partial charge on any atom is 0.351 e. The summed E-state index contributed by atoms with van der Waals surface area (Å²) in [5.41, 5.74) is 0.885. The first-order valence-electron chi connectivity index (χ1n) is 5.69. The standard InChI is InChI=1S/C14H14O4/c1-8(2)9-4-6-10-11(7-5-9)18-14(16)12(10)13(15)17-3/h4-8H,1-3H3. The Kier molecular flexibility index (Phi) is 3.19. The minimum atomic E-state index is -0.670. The molecule has 0 atom stereocenters. The maximum atomic E-state index is 11.6. The van der Waals surface area contributed by atoms with Crippen LogP contribution in [0.3, 0.4) is 0 Å². The van der Waals surface area contributed by atoms with Gasteiger partial charge in [-0.25, -0.2) is 9.59 Å². The SMILES string of the molecule is COC(=O)c1c2ccc(C(C)C)ccc-2oc1=O. The van der Waals surface area contributed by atoms with E-state index in [0.29, 0.717) is 17.2 Å². The van der Waals surface area contributed by atoms with Crippen molar-refractivity contribution in [1.82, 2.24) is 0 Å². The molecule has 0 N–H and O–H groups in total. The van der Waals surface area contributed by atoms with Gasteiger partial charge in [0.1, 0.15) is 5.76 Å². The summed E-state index contributed by atoms with van der Waals surface area (Å²) < 4.78 is 9.65. The van der Waals surface area contributed by atoms with Crippen molar-refractivity contribution in [3.63, 3.8) is 0 Å². The Labute approximate surface area is 105 Å². The van der Waals surface area contributed by atoms with Crippen molar-refractivity contribution < 1.29 is 13.9 Å². The summed E-state index contributed by atoms with van der Waals surface area (Å²) in [7, 11) is 1.24. The third-order valence-electron chi connectivity index (χ3n) is 2.87. The summed E-state index contributed by atoms with van der Waals surface area (Å²) in [6, 6.07) is 7.20. The predicted molar refractivity (Wildman–Crippen MR) is 67.0 cm³/mol. The summed E-state index contributed by atoms with van der Waals surface area (Å²) in [5, 5.41) is 0. The highest BCUT2D eigenvalue weighted by atomic mass is 16.5. The monoisotopic (exact) mass is 246 g/mol. The van der Waals surface area contributed by atoms with E-state index < -0.39 is 11.6 Å². The molecule has 18 heavy (non-hydrogen) atoms. The number of hydrogen-bond donors (Lipinski definition) is 0. The molecule has 0 radical (unpaired) electrons. The molecule has 4 nitrogen and oxygen atoms in total. The highest BCUT2D eigenvalue weighted by Crippen LogP contribution is 2.26. The number of fused-ring (bicyclic) bond motifs is 1. The van der Waals surface area contributed by atoms with Gasteiger partial charge in [-0.2, -0.15) is 0 Å². The predicted octanol–water partition coefficient (Wildman–Crippen LogP) is 2.65. The smallest absolute Gasteiger partial charge is 0.351 e. The molecule has 1 heterocycles. The van der Waals surface area contributed by atoms with Gasteiger partial charge in [0.2, 0.25) is 0 Å². The molecule has 0 amide bonds. The largest absolute Gasteiger partial charge is 0.465 e. The van der Waals surface area contributed by atoms with Crippen LogP contribution in [0.15, 0.2) is 33.5 Å². The number of carbonyl (C=O) groups excluding carboxylic acids is 1. The fourth-order valence-electron chi connectivity index (χ4n) is 1.82. The van der Waals surface area contributed by atoms with Gasteiger partial charge in [-0.15, -0.1) is 0 Å². The Morgan fingerprint density at radius 3 is 2.50 bits per heavy atom. The van der Waals surface area contributed by atoms with Crippen molar-refractivity contribution in [2.75, 3.05) is 7.11 Å². The molecule has 0 fully saturated rings. The molecule has 0 unspecified atom stereocenters. The van der Waals surface area contributed by atoms with E-state index in [1.807, 2.05) is 12.1 Å². The van der Waals surface area contributed by atoms with Crippen molar-refractivity contribution in [1.29, 1.82) is 0 Å². The number of furan rings is 1. The average Bonchev–Trinajstić information content (AvgIpc) is 2.51. The molecule has 1 aliphatic heterocycles. The summed E-state index contributed by atoms with van der Waals surface area (Å²) in [6.07, 6.45) is 0. The number of hydrogen-bond acceptors (Lipinski definition) is 4. The third kappa shape index (κ3) is 2.01. The van der Waals surface area contributed by atoms with E-state index in [2.05, 4.69) is 18.6 Å². The molecule has 94 valence electrons. The van der Waals surface area contributed by atoms with Gasteiger partial charge in [0.25, 0.3) is 0 Å². The van der Waals surface area contributed by atoms with Crippen molar-refractivity contribution in [2.24, 2.45) is 0 Å². The van der Waals surface area contributed by atoms with Crippen LogP contribution >= 0.6 is 0 Å². The second kappa shape index (κ2) is 4.64. The molecule has 0 saturated carbocycles. The Morgan fingerprint density at radius 2 is 1.89 bits per heavy atom. The summed E-state index contributed by atoms with van der Waals surface area (Å²) in [4.78, 5) is 23.1. The lowest BCUT2D eigenvalue weighted by molar-refractivity contribution is 0.0599. The van der Waals surface area contributed by atoms with Crippen molar-refractivity contribution in [3.8, 4) is 11.3 Å². The van der Waals surface area contributed by atoms with Crippen LogP contribution in [0.25, 0.3) is 11.3 Å².